The summed E-state index contributed by atoms with van der Waals surface area (Å²) in [4.78, 5) is 6.02. The Kier molecular flexibility index (Phi) is 2.79. The molecule has 1 aromatic heterocycles. The van der Waals surface area contributed by atoms with Gasteiger partial charge in [0.05, 0.1) is 5.39 Å². The predicted molar refractivity (Wildman–Crippen MR) is 83.2 cm³/mol. The van der Waals surface area contributed by atoms with Gasteiger partial charge in [0.15, 0.2) is 0 Å². The van der Waals surface area contributed by atoms with Gasteiger partial charge >= 0.3 is 0 Å². The van der Waals surface area contributed by atoms with Crippen LogP contribution < -0.4 is 9.57 Å². The molecule has 0 radical (unpaired) electrons. The van der Waals surface area contributed by atoms with Gasteiger partial charge in [-0.3, -0.25) is 0 Å². The molecule has 0 spiro atoms. The standard InChI is InChI=1S/C19H14NO/c1-2-8-16-13-18(14-17(16)9-3-1)21-20-12-6-10-15-7-4-5-11-19(15)20/h1-14H/q+1. The van der Waals surface area contributed by atoms with E-state index in [2.05, 4.69) is 42.5 Å². The molecule has 2 heteroatoms. The fourth-order valence-corrected chi connectivity index (χ4v) is 2.57. The minimum Gasteiger partial charge on any atom is -0.231 e. The number of benzene rings is 1. The Morgan fingerprint density at radius 1 is 0.667 bits per heavy atom. The molecule has 2 nitrogen and oxygen atoms in total. The maximum Gasteiger partial charge on any atom is 0.265 e. The topological polar surface area (TPSA) is 13.1 Å². The molecule has 0 saturated heterocycles. The Morgan fingerprint density at radius 2 is 1.33 bits per heavy atom. The highest BCUT2D eigenvalue weighted by Crippen LogP contribution is 2.29. The van der Waals surface area contributed by atoms with Crippen molar-refractivity contribution < 1.29 is 9.57 Å². The summed E-state index contributed by atoms with van der Waals surface area (Å²) < 4.78 is 1.81. The summed E-state index contributed by atoms with van der Waals surface area (Å²) in [6.07, 6.45) is 1.93. The van der Waals surface area contributed by atoms with Crippen LogP contribution in [0.1, 0.15) is 0 Å². The zero-order valence-corrected chi connectivity index (χ0v) is 11.4. The van der Waals surface area contributed by atoms with Crippen LogP contribution in [0.2, 0.25) is 0 Å². The van der Waals surface area contributed by atoms with Gasteiger partial charge in [-0.05, 0) is 35.4 Å². The molecule has 0 N–H and O–H groups in total. The zero-order chi connectivity index (χ0) is 14.1. The number of rotatable bonds is 2. The van der Waals surface area contributed by atoms with Crippen molar-refractivity contribution in [2.24, 2.45) is 0 Å². The van der Waals surface area contributed by atoms with Gasteiger partial charge in [0.1, 0.15) is 0 Å². The fraction of sp³-hybridized carbons (Fsp3) is 0. The molecule has 0 atom stereocenters. The number of nitrogens with zero attached hydrogens (tertiary/aromatic N) is 1. The van der Waals surface area contributed by atoms with Gasteiger partial charge in [-0.15, -0.1) is 0 Å². The lowest BCUT2D eigenvalue weighted by atomic mass is 10.2. The maximum atomic E-state index is 6.02. The van der Waals surface area contributed by atoms with Crippen LogP contribution in [0.4, 0.5) is 0 Å². The van der Waals surface area contributed by atoms with Crippen molar-refractivity contribution in [1.29, 1.82) is 0 Å². The van der Waals surface area contributed by atoms with E-state index in [1.165, 1.54) is 11.1 Å². The van der Waals surface area contributed by atoms with Crippen LogP contribution >= 0.6 is 0 Å². The van der Waals surface area contributed by atoms with Gasteiger partial charge in [0.25, 0.3) is 5.52 Å². The quantitative estimate of drug-likeness (QED) is 0.501. The van der Waals surface area contributed by atoms with Gasteiger partial charge in [-0.1, -0.05) is 42.5 Å². The van der Waals surface area contributed by atoms with E-state index >= 15 is 0 Å². The second-order valence-electron chi connectivity index (χ2n) is 5.00. The van der Waals surface area contributed by atoms with Gasteiger partial charge in [-0.2, -0.15) is 0 Å². The van der Waals surface area contributed by atoms with Crippen molar-refractivity contribution in [3.05, 3.63) is 85.1 Å². The highest BCUT2D eigenvalue weighted by Gasteiger charge is 2.13. The molecule has 2 aliphatic rings. The van der Waals surface area contributed by atoms with Crippen molar-refractivity contribution in [2.75, 3.05) is 0 Å². The van der Waals surface area contributed by atoms with Crippen molar-refractivity contribution in [1.82, 2.24) is 0 Å². The normalized spacial score (nSPS) is 10.9. The first-order valence-electron chi connectivity index (χ1n) is 6.97. The second kappa shape index (κ2) is 4.91. The summed E-state index contributed by atoms with van der Waals surface area (Å²) in [5.74, 6) is 0.845. The third-order valence-corrected chi connectivity index (χ3v) is 3.58. The summed E-state index contributed by atoms with van der Waals surface area (Å²) in [7, 11) is 0. The third kappa shape index (κ3) is 2.21. The lowest BCUT2D eigenvalue weighted by Crippen LogP contribution is -2.39. The van der Waals surface area contributed by atoms with Crippen molar-refractivity contribution in [2.45, 2.75) is 0 Å². The molecule has 1 aromatic carbocycles. The molecule has 4 rings (SSSR count). The minimum absolute atomic E-state index is 0.845. The largest absolute Gasteiger partial charge is 0.265 e. The van der Waals surface area contributed by atoms with Crippen LogP contribution in [0.3, 0.4) is 0 Å². The molecule has 2 aromatic rings. The van der Waals surface area contributed by atoms with Crippen molar-refractivity contribution in [3.8, 4) is 16.9 Å². The zero-order valence-electron chi connectivity index (χ0n) is 11.4. The average Bonchev–Trinajstić information content (AvgIpc) is 2.76. The summed E-state index contributed by atoms with van der Waals surface area (Å²) in [6, 6.07) is 26.7. The lowest BCUT2D eigenvalue weighted by molar-refractivity contribution is -0.854. The van der Waals surface area contributed by atoms with E-state index in [1.54, 1.807) is 0 Å². The number of pyridine rings is 1. The average molecular weight is 272 g/mol. The number of fused-ring (bicyclic) bond motifs is 2. The fourth-order valence-electron chi connectivity index (χ4n) is 2.57. The Hall–Kier alpha value is -2.87. The first-order chi connectivity index (χ1) is 10.4. The van der Waals surface area contributed by atoms with E-state index in [-0.39, 0.29) is 0 Å². The minimum atomic E-state index is 0.845. The molecule has 0 saturated carbocycles. The van der Waals surface area contributed by atoms with Crippen LogP contribution in [-0.2, 0) is 0 Å². The first-order valence-corrected chi connectivity index (χ1v) is 6.97. The van der Waals surface area contributed by atoms with E-state index in [0.717, 1.165) is 16.7 Å². The molecule has 21 heavy (non-hydrogen) atoms. The van der Waals surface area contributed by atoms with Crippen LogP contribution in [0.25, 0.3) is 22.0 Å². The SMILES string of the molecule is c1ccc2cc(O[n+]3cccc4ccccc43)cc-2cc1. The second-order valence-corrected chi connectivity index (χ2v) is 5.00. The molecule has 0 aliphatic heterocycles. The lowest BCUT2D eigenvalue weighted by Gasteiger charge is -1.98. The summed E-state index contributed by atoms with van der Waals surface area (Å²) in [5.41, 5.74) is 3.41. The summed E-state index contributed by atoms with van der Waals surface area (Å²) in [5, 5.41) is 1.16. The third-order valence-electron chi connectivity index (χ3n) is 3.58. The van der Waals surface area contributed by atoms with Crippen molar-refractivity contribution in [3.63, 3.8) is 0 Å². The first kappa shape index (κ1) is 11.9. The summed E-state index contributed by atoms with van der Waals surface area (Å²) >= 11 is 0. The van der Waals surface area contributed by atoms with E-state index in [0.29, 0.717) is 0 Å². The highest BCUT2D eigenvalue weighted by atomic mass is 16.7. The van der Waals surface area contributed by atoms with Gasteiger partial charge < -0.3 is 0 Å². The number of aromatic nitrogens is 1. The Morgan fingerprint density at radius 3 is 2.14 bits per heavy atom. The smallest absolute Gasteiger partial charge is 0.231 e. The van der Waals surface area contributed by atoms with Crippen molar-refractivity contribution >= 4 is 10.9 Å². The van der Waals surface area contributed by atoms with Crippen LogP contribution in [-0.4, -0.2) is 0 Å². The number of hydrogen-bond acceptors (Lipinski definition) is 1. The number of para-hydroxylation sites is 1. The molecule has 0 unspecified atom stereocenters. The summed E-state index contributed by atoms with van der Waals surface area (Å²) in [6.45, 7) is 0. The van der Waals surface area contributed by atoms with E-state index in [9.17, 15) is 0 Å². The Balaban J connectivity index is 1.79. The molecule has 0 fully saturated rings. The van der Waals surface area contributed by atoms with Gasteiger partial charge in [-0.25, -0.2) is 4.84 Å². The highest BCUT2D eigenvalue weighted by molar-refractivity contribution is 5.75. The number of hydrogen-bond donors (Lipinski definition) is 0. The predicted octanol–water partition coefficient (Wildman–Crippen LogP) is 4.07. The maximum absolute atomic E-state index is 6.02. The molecule has 0 bridgehead atoms. The molecule has 100 valence electrons. The van der Waals surface area contributed by atoms with Crippen LogP contribution in [0, 0.1) is 0 Å². The monoisotopic (exact) mass is 272 g/mol. The molecular formula is C19H14NO+. The Labute approximate surface area is 123 Å². The molecular weight excluding hydrogens is 258 g/mol. The van der Waals surface area contributed by atoms with E-state index in [1.807, 2.05) is 47.3 Å². The van der Waals surface area contributed by atoms with E-state index in [4.69, 9.17) is 4.84 Å². The Bertz CT molecular complexity index is 849. The molecule has 1 heterocycles. The molecule has 2 aliphatic carbocycles. The molecule has 0 amide bonds. The van der Waals surface area contributed by atoms with Crippen LogP contribution in [0.5, 0.6) is 5.75 Å². The van der Waals surface area contributed by atoms with E-state index < -0.39 is 0 Å². The van der Waals surface area contributed by atoms with Crippen LogP contribution in [0.15, 0.2) is 85.1 Å². The van der Waals surface area contributed by atoms with Gasteiger partial charge in [0.2, 0.25) is 11.9 Å². The van der Waals surface area contributed by atoms with Gasteiger partial charge in [0, 0.05) is 16.9 Å².